The third-order valence-corrected chi connectivity index (χ3v) is 6.30. The number of aryl methyl sites for hydroxylation is 1. The van der Waals surface area contributed by atoms with Gasteiger partial charge in [0.05, 0.1) is 17.4 Å². The minimum Gasteiger partial charge on any atom is -0.338 e. The normalized spacial score (nSPS) is 18.8. The number of carbonyl (C=O) groups is 2. The summed E-state index contributed by atoms with van der Waals surface area (Å²) in [5.74, 6) is 0.851. The van der Waals surface area contributed by atoms with E-state index in [0.29, 0.717) is 13.1 Å². The third kappa shape index (κ3) is 3.63. The molecule has 29 heavy (non-hydrogen) atoms. The molecular formula is C21H28N6O2. The lowest BCUT2D eigenvalue weighted by Crippen LogP contribution is -2.36. The van der Waals surface area contributed by atoms with Crippen LogP contribution < -0.4 is 0 Å². The van der Waals surface area contributed by atoms with Gasteiger partial charge in [-0.2, -0.15) is 5.10 Å². The third-order valence-electron chi connectivity index (χ3n) is 6.30. The molecule has 0 aromatic carbocycles. The Morgan fingerprint density at radius 2 is 2.00 bits per heavy atom. The molecule has 8 heteroatoms. The highest BCUT2D eigenvalue weighted by atomic mass is 16.2. The van der Waals surface area contributed by atoms with Gasteiger partial charge in [0, 0.05) is 50.4 Å². The second kappa shape index (κ2) is 7.57. The van der Waals surface area contributed by atoms with Gasteiger partial charge in [-0.3, -0.25) is 14.3 Å². The number of carbonyl (C=O) groups excluding carboxylic acids is 2. The van der Waals surface area contributed by atoms with E-state index in [4.69, 9.17) is 4.98 Å². The predicted octanol–water partition coefficient (Wildman–Crippen LogP) is 1.87. The van der Waals surface area contributed by atoms with E-state index in [1.807, 2.05) is 36.8 Å². The van der Waals surface area contributed by atoms with E-state index < -0.39 is 0 Å². The second-order valence-corrected chi connectivity index (χ2v) is 8.09. The van der Waals surface area contributed by atoms with Crippen molar-refractivity contribution in [2.75, 3.05) is 13.1 Å². The molecule has 1 saturated heterocycles. The number of aromatic nitrogens is 4. The summed E-state index contributed by atoms with van der Waals surface area (Å²) in [4.78, 5) is 37.8. The lowest BCUT2D eigenvalue weighted by molar-refractivity contribution is -0.133. The predicted molar refractivity (Wildman–Crippen MR) is 107 cm³/mol. The summed E-state index contributed by atoms with van der Waals surface area (Å²) >= 11 is 0. The first-order chi connectivity index (χ1) is 13.8. The maximum atomic E-state index is 13.0. The van der Waals surface area contributed by atoms with Crippen LogP contribution in [0.2, 0.25) is 0 Å². The van der Waals surface area contributed by atoms with E-state index >= 15 is 0 Å². The highest BCUT2D eigenvalue weighted by molar-refractivity contribution is 5.77. The fourth-order valence-electron chi connectivity index (χ4n) is 4.25. The maximum absolute atomic E-state index is 13.0. The summed E-state index contributed by atoms with van der Waals surface area (Å²) in [5.41, 5.74) is 5.14. The molecule has 4 rings (SSSR count). The second-order valence-electron chi connectivity index (χ2n) is 8.09. The van der Waals surface area contributed by atoms with E-state index in [1.165, 1.54) is 0 Å². The van der Waals surface area contributed by atoms with Crippen LogP contribution in [0.4, 0.5) is 0 Å². The van der Waals surface area contributed by atoms with Gasteiger partial charge in [0.15, 0.2) is 5.82 Å². The SMILES string of the molecule is CC(=O)N1CCc2nc(C3CCCN3C(=O)Cn3nc(C)c(C)c3C)ncc2C1. The monoisotopic (exact) mass is 396 g/mol. The van der Waals surface area contributed by atoms with Crippen molar-refractivity contribution in [3.05, 3.63) is 40.2 Å². The topological polar surface area (TPSA) is 84.2 Å². The Labute approximate surface area is 170 Å². The summed E-state index contributed by atoms with van der Waals surface area (Å²) in [5, 5.41) is 4.50. The van der Waals surface area contributed by atoms with Crippen LogP contribution in [-0.4, -0.2) is 54.5 Å². The van der Waals surface area contributed by atoms with Crippen LogP contribution in [0.25, 0.3) is 0 Å². The number of hydrogen-bond acceptors (Lipinski definition) is 5. The maximum Gasteiger partial charge on any atom is 0.244 e. The fourth-order valence-corrected chi connectivity index (χ4v) is 4.25. The van der Waals surface area contributed by atoms with Crippen molar-refractivity contribution in [1.29, 1.82) is 0 Å². The summed E-state index contributed by atoms with van der Waals surface area (Å²) in [6.45, 7) is 9.81. The number of hydrogen-bond donors (Lipinski definition) is 0. The van der Waals surface area contributed by atoms with E-state index in [1.54, 1.807) is 11.6 Å². The molecular weight excluding hydrogens is 368 g/mol. The first-order valence-electron chi connectivity index (χ1n) is 10.3. The smallest absolute Gasteiger partial charge is 0.244 e. The van der Waals surface area contributed by atoms with Gasteiger partial charge in [-0.25, -0.2) is 9.97 Å². The van der Waals surface area contributed by atoms with Gasteiger partial charge in [0.1, 0.15) is 6.54 Å². The lowest BCUT2D eigenvalue weighted by atomic mass is 10.1. The van der Waals surface area contributed by atoms with Crippen molar-refractivity contribution < 1.29 is 9.59 Å². The summed E-state index contributed by atoms with van der Waals surface area (Å²) in [6, 6.07) is -0.0864. The zero-order valence-electron chi connectivity index (χ0n) is 17.6. The first-order valence-corrected chi connectivity index (χ1v) is 10.3. The Bertz CT molecular complexity index is 966. The van der Waals surface area contributed by atoms with E-state index in [-0.39, 0.29) is 24.4 Å². The van der Waals surface area contributed by atoms with Crippen LogP contribution in [0.3, 0.4) is 0 Å². The molecule has 0 radical (unpaired) electrons. The van der Waals surface area contributed by atoms with E-state index in [2.05, 4.69) is 10.1 Å². The molecule has 1 unspecified atom stereocenters. The van der Waals surface area contributed by atoms with Gasteiger partial charge >= 0.3 is 0 Å². The van der Waals surface area contributed by atoms with E-state index in [9.17, 15) is 9.59 Å². The average Bonchev–Trinajstić information content (AvgIpc) is 3.29. The van der Waals surface area contributed by atoms with Crippen LogP contribution in [-0.2, 0) is 29.1 Å². The van der Waals surface area contributed by atoms with Crippen molar-refractivity contribution in [3.8, 4) is 0 Å². The van der Waals surface area contributed by atoms with Crippen molar-refractivity contribution in [2.45, 2.75) is 66.1 Å². The quantitative estimate of drug-likeness (QED) is 0.791. The first kappa shape index (κ1) is 19.5. The Morgan fingerprint density at radius 1 is 1.21 bits per heavy atom. The molecule has 0 N–H and O–H groups in total. The van der Waals surface area contributed by atoms with Crippen molar-refractivity contribution in [1.82, 2.24) is 29.5 Å². The molecule has 2 aliphatic heterocycles. The minimum atomic E-state index is -0.0864. The van der Waals surface area contributed by atoms with Gasteiger partial charge in [-0.1, -0.05) is 0 Å². The highest BCUT2D eigenvalue weighted by Gasteiger charge is 2.33. The molecule has 8 nitrogen and oxygen atoms in total. The lowest BCUT2D eigenvalue weighted by Gasteiger charge is -2.28. The van der Waals surface area contributed by atoms with Crippen LogP contribution in [0.5, 0.6) is 0 Å². The van der Waals surface area contributed by atoms with Gasteiger partial charge < -0.3 is 9.80 Å². The molecule has 2 amide bonds. The zero-order chi connectivity index (χ0) is 20.7. The number of nitrogens with zero attached hydrogens (tertiary/aromatic N) is 6. The van der Waals surface area contributed by atoms with Gasteiger partial charge in [-0.05, 0) is 39.2 Å². The number of likely N-dealkylation sites (tertiary alicyclic amines) is 1. The van der Waals surface area contributed by atoms with E-state index in [0.717, 1.165) is 59.8 Å². The van der Waals surface area contributed by atoms with Gasteiger partial charge in [0.2, 0.25) is 11.8 Å². The summed E-state index contributed by atoms with van der Waals surface area (Å²) in [7, 11) is 0. The number of fused-ring (bicyclic) bond motifs is 1. The molecule has 0 spiro atoms. The average molecular weight is 396 g/mol. The Hall–Kier alpha value is -2.77. The number of amides is 2. The van der Waals surface area contributed by atoms with Crippen LogP contribution >= 0.6 is 0 Å². The van der Waals surface area contributed by atoms with Crippen molar-refractivity contribution in [2.24, 2.45) is 0 Å². The van der Waals surface area contributed by atoms with Crippen molar-refractivity contribution >= 4 is 11.8 Å². The molecule has 0 bridgehead atoms. The van der Waals surface area contributed by atoms with Crippen molar-refractivity contribution in [3.63, 3.8) is 0 Å². The molecule has 2 aromatic heterocycles. The molecule has 4 heterocycles. The fraction of sp³-hybridized carbons (Fsp3) is 0.571. The molecule has 0 aliphatic carbocycles. The molecule has 1 atom stereocenters. The highest BCUT2D eigenvalue weighted by Crippen LogP contribution is 2.31. The Kier molecular flexibility index (Phi) is 5.10. The standard InChI is InChI=1S/C21H28N6O2/c1-13-14(2)24-27(15(13)3)12-20(29)26-8-5-6-19(26)21-22-10-17-11-25(16(4)28)9-7-18(17)23-21/h10,19H,5-9,11-12H2,1-4H3. The molecule has 2 aromatic rings. The Balaban J connectivity index is 1.52. The largest absolute Gasteiger partial charge is 0.338 e. The van der Waals surface area contributed by atoms with Crippen LogP contribution in [0.1, 0.15) is 59.8 Å². The Morgan fingerprint density at radius 3 is 2.69 bits per heavy atom. The number of rotatable bonds is 3. The minimum absolute atomic E-state index is 0.0576. The van der Waals surface area contributed by atoms with Crippen LogP contribution in [0.15, 0.2) is 6.20 Å². The summed E-state index contributed by atoms with van der Waals surface area (Å²) in [6.07, 6.45) is 4.39. The molecule has 2 aliphatic rings. The molecule has 1 fully saturated rings. The zero-order valence-corrected chi connectivity index (χ0v) is 17.6. The van der Waals surface area contributed by atoms with Gasteiger partial charge in [-0.15, -0.1) is 0 Å². The van der Waals surface area contributed by atoms with Gasteiger partial charge in [0.25, 0.3) is 0 Å². The summed E-state index contributed by atoms with van der Waals surface area (Å²) < 4.78 is 1.80. The van der Waals surface area contributed by atoms with Crippen LogP contribution in [0, 0.1) is 20.8 Å². The molecule has 154 valence electrons. The molecule has 0 saturated carbocycles.